The largest absolute Gasteiger partial charge is 0.388 e. The fourth-order valence-electron chi connectivity index (χ4n) is 1.53. The Balaban J connectivity index is 2.65. The predicted molar refractivity (Wildman–Crippen MR) is 73.0 cm³/mol. The molecule has 0 bridgehead atoms. The van der Waals surface area contributed by atoms with Crippen molar-refractivity contribution in [2.24, 2.45) is 5.73 Å². The Kier molecular flexibility index (Phi) is 6.04. The van der Waals surface area contributed by atoms with Crippen LogP contribution >= 0.6 is 12.2 Å². The van der Waals surface area contributed by atoms with Gasteiger partial charge in [0.1, 0.15) is 4.99 Å². The lowest BCUT2D eigenvalue weighted by Crippen LogP contribution is -2.27. The Morgan fingerprint density at radius 3 is 2.94 bits per heavy atom. The molecule has 0 radical (unpaired) electrons. The Bertz CT molecular complexity index is 371. The summed E-state index contributed by atoms with van der Waals surface area (Å²) in [6.45, 7) is 5.62. The Hall–Kier alpha value is -1.04. The van der Waals surface area contributed by atoms with Crippen molar-refractivity contribution >= 4 is 17.2 Å². The summed E-state index contributed by atoms with van der Waals surface area (Å²) in [4.78, 5) is 6.76. The van der Waals surface area contributed by atoms with Crippen LogP contribution < -0.4 is 5.73 Å². The summed E-state index contributed by atoms with van der Waals surface area (Å²) in [5, 5.41) is 0. The van der Waals surface area contributed by atoms with Gasteiger partial charge in [0.2, 0.25) is 0 Å². The molecule has 0 amide bonds. The maximum Gasteiger partial charge on any atom is 0.122 e. The van der Waals surface area contributed by atoms with E-state index < -0.39 is 0 Å². The molecular weight excluding hydrogens is 234 g/mol. The Morgan fingerprint density at radius 2 is 2.35 bits per heavy atom. The first kappa shape index (κ1) is 14.0. The number of pyridine rings is 1. The van der Waals surface area contributed by atoms with E-state index in [1.54, 1.807) is 13.3 Å². The number of thiocarbonyl (C=S) groups is 1. The van der Waals surface area contributed by atoms with Gasteiger partial charge < -0.3 is 10.5 Å². The van der Waals surface area contributed by atoms with Gasteiger partial charge in [-0.3, -0.25) is 9.88 Å². The van der Waals surface area contributed by atoms with Gasteiger partial charge in [0.15, 0.2) is 0 Å². The smallest absolute Gasteiger partial charge is 0.122 e. The highest BCUT2D eigenvalue weighted by Crippen LogP contribution is 2.06. The van der Waals surface area contributed by atoms with Crippen molar-refractivity contribution in [2.75, 3.05) is 26.8 Å². The van der Waals surface area contributed by atoms with Gasteiger partial charge in [0.05, 0.1) is 12.3 Å². The minimum atomic E-state index is 0.340. The Morgan fingerprint density at radius 1 is 1.59 bits per heavy atom. The molecule has 0 unspecified atom stereocenters. The third-order valence-corrected chi connectivity index (χ3v) is 2.75. The molecule has 0 aliphatic rings. The van der Waals surface area contributed by atoms with Crippen molar-refractivity contribution < 1.29 is 4.74 Å². The number of hydrogen-bond donors (Lipinski definition) is 1. The second kappa shape index (κ2) is 7.32. The van der Waals surface area contributed by atoms with Gasteiger partial charge in [0, 0.05) is 26.4 Å². The van der Waals surface area contributed by atoms with Crippen LogP contribution in [0.15, 0.2) is 18.3 Å². The monoisotopic (exact) mass is 253 g/mol. The minimum absolute atomic E-state index is 0.340. The minimum Gasteiger partial charge on any atom is -0.388 e. The van der Waals surface area contributed by atoms with E-state index in [2.05, 4.69) is 16.8 Å². The zero-order chi connectivity index (χ0) is 12.7. The fourth-order valence-corrected chi connectivity index (χ4v) is 1.65. The first-order valence-corrected chi connectivity index (χ1v) is 6.04. The molecular formula is C12H19N3OS. The average molecular weight is 253 g/mol. The van der Waals surface area contributed by atoms with Gasteiger partial charge in [-0.15, -0.1) is 0 Å². The van der Waals surface area contributed by atoms with E-state index >= 15 is 0 Å². The number of rotatable bonds is 7. The summed E-state index contributed by atoms with van der Waals surface area (Å²) in [7, 11) is 1.71. The van der Waals surface area contributed by atoms with E-state index in [0.717, 1.165) is 26.2 Å². The summed E-state index contributed by atoms with van der Waals surface area (Å²) >= 11 is 4.92. The lowest BCUT2D eigenvalue weighted by molar-refractivity contribution is 0.147. The van der Waals surface area contributed by atoms with Crippen LogP contribution in [0, 0.1) is 0 Å². The summed E-state index contributed by atoms with van der Waals surface area (Å²) in [5.74, 6) is 0. The molecule has 1 rings (SSSR count). The van der Waals surface area contributed by atoms with Gasteiger partial charge in [-0.05, 0) is 24.2 Å². The second-order valence-corrected chi connectivity index (χ2v) is 4.21. The van der Waals surface area contributed by atoms with Crippen LogP contribution in [-0.2, 0) is 11.3 Å². The van der Waals surface area contributed by atoms with Crippen molar-refractivity contribution in [3.63, 3.8) is 0 Å². The highest BCUT2D eigenvalue weighted by molar-refractivity contribution is 7.80. The van der Waals surface area contributed by atoms with Crippen LogP contribution in [0.2, 0.25) is 0 Å². The van der Waals surface area contributed by atoms with Gasteiger partial charge >= 0.3 is 0 Å². The third kappa shape index (κ3) is 4.77. The Labute approximate surface area is 108 Å². The average Bonchev–Trinajstić information content (AvgIpc) is 2.34. The third-order valence-electron chi connectivity index (χ3n) is 2.54. The van der Waals surface area contributed by atoms with Crippen LogP contribution in [0.4, 0.5) is 0 Å². The van der Waals surface area contributed by atoms with Gasteiger partial charge in [-0.1, -0.05) is 19.1 Å². The van der Waals surface area contributed by atoms with E-state index in [4.69, 9.17) is 22.7 Å². The summed E-state index contributed by atoms with van der Waals surface area (Å²) in [6, 6.07) is 3.93. The van der Waals surface area contributed by atoms with Gasteiger partial charge in [-0.25, -0.2) is 0 Å². The number of aromatic nitrogens is 1. The van der Waals surface area contributed by atoms with Crippen molar-refractivity contribution in [3.8, 4) is 0 Å². The number of methoxy groups -OCH3 is 1. The topological polar surface area (TPSA) is 51.4 Å². The zero-order valence-corrected chi connectivity index (χ0v) is 11.2. The molecule has 4 nitrogen and oxygen atoms in total. The first-order valence-electron chi connectivity index (χ1n) is 5.63. The molecule has 0 saturated heterocycles. The number of likely N-dealkylation sites (N-methyl/N-ethyl adjacent to an activating group) is 1. The quantitative estimate of drug-likeness (QED) is 0.740. The van der Waals surface area contributed by atoms with E-state index in [1.165, 1.54) is 5.56 Å². The van der Waals surface area contributed by atoms with Crippen molar-refractivity contribution in [1.29, 1.82) is 0 Å². The molecule has 0 aliphatic heterocycles. The van der Waals surface area contributed by atoms with E-state index in [9.17, 15) is 0 Å². The maximum absolute atomic E-state index is 5.56. The predicted octanol–water partition coefficient (Wildman–Crippen LogP) is 1.18. The van der Waals surface area contributed by atoms with Crippen molar-refractivity contribution in [1.82, 2.24) is 9.88 Å². The molecule has 0 saturated carbocycles. The highest BCUT2D eigenvalue weighted by Gasteiger charge is 2.05. The number of ether oxygens (including phenoxy) is 1. The van der Waals surface area contributed by atoms with Crippen LogP contribution in [0.25, 0.3) is 0 Å². The molecule has 1 aromatic rings. The van der Waals surface area contributed by atoms with E-state index in [1.807, 2.05) is 12.1 Å². The first-order chi connectivity index (χ1) is 8.17. The molecule has 1 heterocycles. The fraction of sp³-hybridized carbons (Fsp3) is 0.500. The molecule has 2 N–H and O–H groups in total. The number of nitrogens with zero attached hydrogens (tertiary/aromatic N) is 2. The second-order valence-electron chi connectivity index (χ2n) is 3.78. The van der Waals surface area contributed by atoms with Crippen LogP contribution in [0.5, 0.6) is 0 Å². The van der Waals surface area contributed by atoms with Crippen molar-refractivity contribution in [3.05, 3.63) is 29.6 Å². The molecule has 1 aromatic heterocycles. The number of hydrogen-bond acceptors (Lipinski definition) is 4. The summed E-state index contributed by atoms with van der Waals surface area (Å²) in [5.41, 5.74) is 7.41. The lowest BCUT2D eigenvalue weighted by Gasteiger charge is -2.20. The highest BCUT2D eigenvalue weighted by atomic mass is 32.1. The molecule has 94 valence electrons. The van der Waals surface area contributed by atoms with Crippen LogP contribution in [0.3, 0.4) is 0 Å². The summed E-state index contributed by atoms with van der Waals surface area (Å²) in [6.07, 6.45) is 1.74. The standard InChI is InChI=1S/C12H19N3OS/c1-3-15(6-7-16-2)9-10-4-5-14-11(8-10)12(13)17/h4-5,8H,3,6-7,9H2,1-2H3,(H2,13,17). The molecule has 0 aromatic carbocycles. The molecule has 0 aliphatic carbocycles. The zero-order valence-electron chi connectivity index (χ0n) is 10.3. The molecule has 17 heavy (non-hydrogen) atoms. The normalized spacial score (nSPS) is 10.8. The molecule has 0 spiro atoms. The van der Waals surface area contributed by atoms with Crippen LogP contribution in [0.1, 0.15) is 18.2 Å². The lowest BCUT2D eigenvalue weighted by atomic mass is 10.2. The van der Waals surface area contributed by atoms with E-state index in [0.29, 0.717) is 10.7 Å². The summed E-state index contributed by atoms with van der Waals surface area (Å²) < 4.78 is 5.08. The number of nitrogens with two attached hydrogens (primary N) is 1. The van der Waals surface area contributed by atoms with Crippen molar-refractivity contribution in [2.45, 2.75) is 13.5 Å². The SMILES string of the molecule is CCN(CCOC)Cc1ccnc(C(N)=S)c1. The molecule has 0 fully saturated rings. The van der Waals surface area contributed by atoms with Crippen LogP contribution in [-0.4, -0.2) is 41.7 Å². The molecule has 0 atom stereocenters. The van der Waals surface area contributed by atoms with Gasteiger partial charge in [-0.2, -0.15) is 0 Å². The van der Waals surface area contributed by atoms with Gasteiger partial charge in [0.25, 0.3) is 0 Å². The molecule has 5 heteroatoms. The maximum atomic E-state index is 5.56. The van der Waals surface area contributed by atoms with E-state index in [-0.39, 0.29) is 0 Å².